The molecule has 36 heavy (non-hydrogen) atoms. The molecule has 0 atom stereocenters. The molecular formula is C27H27N3O6. The first kappa shape index (κ1) is 24.7. The minimum atomic E-state index is -1.26. The number of carbonyl (C=O) groups is 2. The quantitative estimate of drug-likeness (QED) is 0.357. The van der Waals surface area contributed by atoms with Crippen molar-refractivity contribution in [3.63, 3.8) is 0 Å². The van der Waals surface area contributed by atoms with Gasteiger partial charge in [-0.1, -0.05) is 24.3 Å². The summed E-state index contributed by atoms with van der Waals surface area (Å²) < 4.78 is 13.7. The number of fused-ring (bicyclic) bond motifs is 1. The van der Waals surface area contributed by atoms with Crippen LogP contribution >= 0.6 is 0 Å². The molecule has 0 spiro atoms. The van der Waals surface area contributed by atoms with Gasteiger partial charge in [-0.15, -0.1) is 0 Å². The minimum Gasteiger partial charge on any atom is -0.493 e. The molecule has 0 bridgehead atoms. The lowest BCUT2D eigenvalue weighted by atomic mass is 10.1. The van der Waals surface area contributed by atoms with Crippen molar-refractivity contribution in [1.29, 1.82) is 0 Å². The lowest BCUT2D eigenvalue weighted by Gasteiger charge is -2.12. The second-order valence-electron chi connectivity index (χ2n) is 8.46. The van der Waals surface area contributed by atoms with Crippen molar-refractivity contribution in [1.82, 2.24) is 14.3 Å². The molecule has 9 nitrogen and oxygen atoms in total. The Bertz CT molecular complexity index is 1530. The molecule has 9 heteroatoms. The second kappa shape index (κ2) is 10.1. The van der Waals surface area contributed by atoms with E-state index in [4.69, 9.17) is 9.47 Å². The number of carboxylic acids is 1. The summed E-state index contributed by atoms with van der Waals surface area (Å²) in [5.41, 5.74) is 2.43. The fraction of sp³-hybridized carbons (Fsp3) is 0.259. The third-order valence-corrected chi connectivity index (χ3v) is 6.31. The number of benzene rings is 2. The smallest absolute Gasteiger partial charge is 0.357 e. The van der Waals surface area contributed by atoms with Crippen LogP contribution in [-0.4, -0.2) is 45.4 Å². The topological polar surface area (TPSA) is 113 Å². The fourth-order valence-electron chi connectivity index (χ4n) is 4.43. The van der Waals surface area contributed by atoms with Crippen molar-refractivity contribution >= 4 is 22.5 Å². The van der Waals surface area contributed by atoms with E-state index in [1.807, 2.05) is 36.6 Å². The van der Waals surface area contributed by atoms with E-state index in [0.29, 0.717) is 30.0 Å². The number of rotatable bonds is 9. The molecule has 2 aromatic carbocycles. The Morgan fingerprint density at radius 1 is 0.972 bits per heavy atom. The number of methoxy groups -OCH3 is 2. The fourth-order valence-corrected chi connectivity index (χ4v) is 4.43. The first-order chi connectivity index (χ1) is 17.2. The van der Waals surface area contributed by atoms with Gasteiger partial charge in [0.15, 0.2) is 23.0 Å². The summed E-state index contributed by atoms with van der Waals surface area (Å²) in [4.78, 5) is 37.8. The number of aryl methyl sites for hydroxylation is 2. The molecule has 1 N–H and O–H groups in total. The van der Waals surface area contributed by atoms with E-state index < -0.39 is 11.5 Å². The van der Waals surface area contributed by atoms with Gasteiger partial charge in [-0.25, -0.2) is 9.48 Å². The number of carboxylic acid groups (broad SMARTS) is 1. The Morgan fingerprint density at radius 2 is 1.67 bits per heavy atom. The molecule has 4 rings (SSSR count). The van der Waals surface area contributed by atoms with Gasteiger partial charge in [-0.05, 0) is 50.1 Å². The minimum absolute atomic E-state index is 0.207. The number of ether oxygens (including phenoxy) is 2. The van der Waals surface area contributed by atoms with Gasteiger partial charge in [-0.2, -0.15) is 5.10 Å². The molecule has 0 aliphatic heterocycles. The summed E-state index contributed by atoms with van der Waals surface area (Å²) in [7, 11) is 3.18. The highest BCUT2D eigenvalue weighted by molar-refractivity contribution is 6.01. The van der Waals surface area contributed by atoms with Gasteiger partial charge in [0.1, 0.15) is 6.54 Å². The van der Waals surface area contributed by atoms with Crippen molar-refractivity contribution < 1.29 is 24.2 Å². The SMILES string of the molecule is COc1ccc(CCn2c(C)cc(C(=O)Cn3nc(C(=O)O)c4ccccc4c3=O)c2C)cc1OC. The summed E-state index contributed by atoms with van der Waals surface area (Å²) in [6, 6.07) is 13.9. The predicted molar refractivity (Wildman–Crippen MR) is 134 cm³/mol. The van der Waals surface area contributed by atoms with Gasteiger partial charge in [-0.3, -0.25) is 9.59 Å². The largest absolute Gasteiger partial charge is 0.493 e. The third-order valence-electron chi connectivity index (χ3n) is 6.31. The van der Waals surface area contributed by atoms with Crippen LogP contribution in [0.2, 0.25) is 0 Å². The van der Waals surface area contributed by atoms with Crippen LogP contribution in [0.3, 0.4) is 0 Å². The standard InChI is InChI=1S/C27H27N3O6/c1-16-13-21(17(2)29(16)12-11-18-9-10-23(35-3)24(14-18)36-4)22(31)15-30-26(32)20-8-6-5-7-19(20)25(28-30)27(33)34/h5-10,13-14H,11-12,15H2,1-4H3,(H,33,34). The summed E-state index contributed by atoms with van der Waals surface area (Å²) >= 11 is 0. The number of hydrogen-bond acceptors (Lipinski definition) is 6. The Balaban J connectivity index is 1.59. The molecule has 2 heterocycles. The van der Waals surface area contributed by atoms with E-state index in [-0.39, 0.29) is 28.8 Å². The molecule has 0 amide bonds. The van der Waals surface area contributed by atoms with Gasteiger partial charge in [0.05, 0.1) is 19.6 Å². The van der Waals surface area contributed by atoms with Gasteiger partial charge in [0.25, 0.3) is 5.56 Å². The molecule has 2 aromatic heterocycles. The van der Waals surface area contributed by atoms with Gasteiger partial charge in [0.2, 0.25) is 0 Å². The summed E-state index contributed by atoms with van der Waals surface area (Å²) in [5, 5.41) is 14.0. The number of Topliss-reactive ketones (excluding diaryl/α,β-unsaturated/α-hetero) is 1. The Hall–Kier alpha value is -4.40. The number of hydrogen-bond donors (Lipinski definition) is 1. The maximum atomic E-state index is 13.2. The van der Waals surface area contributed by atoms with E-state index >= 15 is 0 Å². The van der Waals surface area contributed by atoms with Crippen LogP contribution in [0.1, 0.15) is 37.8 Å². The zero-order valence-corrected chi connectivity index (χ0v) is 20.6. The highest BCUT2D eigenvalue weighted by atomic mass is 16.5. The van der Waals surface area contributed by atoms with Crippen LogP contribution in [0, 0.1) is 13.8 Å². The maximum Gasteiger partial charge on any atom is 0.357 e. The molecule has 0 aliphatic carbocycles. The highest BCUT2D eigenvalue weighted by Crippen LogP contribution is 2.28. The Kier molecular flexibility index (Phi) is 6.91. The second-order valence-corrected chi connectivity index (χ2v) is 8.46. The van der Waals surface area contributed by atoms with Gasteiger partial charge >= 0.3 is 5.97 Å². The molecule has 186 valence electrons. The van der Waals surface area contributed by atoms with Crippen LogP contribution in [0.25, 0.3) is 10.8 Å². The summed E-state index contributed by atoms with van der Waals surface area (Å²) in [6.45, 7) is 4.05. The third kappa shape index (κ3) is 4.59. The van der Waals surface area contributed by atoms with E-state index in [1.165, 1.54) is 12.1 Å². The number of aromatic nitrogens is 3. The lowest BCUT2D eigenvalue weighted by Crippen LogP contribution is -2.29. The Morgan fingerprint density at radius 3 is 2.33 bits per heavy atom. The average Bonchev–Trinajstić information content (AvgIpc) is 3.16. The molecule has 0 saturated carbocycles. The zero-order valence-electron chi connectivity index (χ0n) is 20.6. The van der Waals surface area contributed by atoms with Crippen molar-refractivity contribution in [2.75, 3.05) is 14.2 Å². The van der Waals surface area contributed by atoms with Crippen LogP contribution in [0.15, 0.2) is 53.3 Å². The average molecular weight is 490 g/mol. The molecule has 4 aromatic rings. The lowest BCUT2D eigenvalue weighted by molar-refractivity contribution is 0.0688. The van der Waals surface area contributed by atoms with Crippen molar-refractivity contribution in [3.05, 3.63) is 87.1 Å². The molecule has 0 fully saturated rings. The first-order valence-corrected chi connectivity index (χ1v) is 11.4. The molecule has 0 saturated heterocycles. The maximum absolute atomic E-state index is 13.2. The first-order valence-electron chi connectivity index (χ1n) is 11.4. The highest BCUT2D eigenvalue weighted by Gasteiger charge is 2.20. The van der Waals surface area contributed by atoms with E-state index in [0.717, 1.165) is 21.6 Å². The monoisotopic (exact) mass is 489 g/mol. The van der Waals surface area contributed by atoms with Crippen molar-refractivity contribution in [2.24, 2.45) is 0 Å². The number of carbonyl (C=O) groups excluding carboxylic acids is 1. The van der Waals surface area contributed by atoms with Crippen LogP contribution in [-0.2, 0) is 19.5 Å². The van der Waals surface area contributed by atoms with E-state index in [2.05, 4.69) is 5.10 Å². The molecule has 0 aliphatic rings. The summed E-state index contributed by atoms with van der Waals surface area (Å²) in [5.74, 6) is -0.269. The van der Waals surface area contributed by atoms with E-state index in [9.17, 15) is 19.5 Å². The number of ketones is 1. The predicted octanol–water partition coefficient (Wildman–Crippen LogP) is 3.66. The Labute approximate surface area is 207 Å². The molecule has 0 radical (unpaired) electrons. The molecular weight excluding hydrogens is 462 g/mol. The normalized spacial score (nSPS) is 11.0. The molecule has 0 unspecified atom stereocenters. The van der Waals surface area contributed by atoms with Crippen molar-refractivity contribution in [3.8, 4) is 11.5 Å². The number of nitrogens with zero attached hydrogens (tertiary/aromatic N) is 3. The van der Waals surface area contributed by atoms with Crippen LogP contribution < -0.4 is 15.0 Å². The van der Waals surface area contributed by atoms with Crippen molar-refractivity contribution in [2.45, 2.75) is 33.4 Å². The van der Waals surface area contributed by atoms with Crippen LogP contribution in [0.5, 0.6) is 11.5 Å². The number of aromatic carboxylic acids is 1. The summed E-state index contributed by atoms with van der Waals surface area (Å²) in [6.07, 6.45) is 0.706. The van der Waals surface area contributed by atoms with Gasteiger partial charge < -0.3 is 19.1 Å². The van der Waals surface area contributed by atoms with Crippen LogP contribution in [0.4, 0.5) is 0 Å². The van der Waals surface area contributed by atoms with Gasteiger partial charge in [0, 0.05) is 28.9 Å². The van der Waals surface area contributed by atoms with E-state index in [1.54, 1.807) is 32.4 Å². The zero-order chi connectivity index (χ0) is 26.0.